The van der Waals surface area contributed by atoms with E-state index in [1.807, 2.05) is 31.2 Å². The molecule has 0 bridgehead atoms. The zero-order valence-corrected chi connectivity index (χ0v) is 21.4. The first kappa shape index (κ1) is 24.5. The maximum Gasteiger partial charge on any atom is 0.329 e. The highest BCUT2D eigenvalue weighted by atomic mass is 79.9. The van der Waals surface area contributed by atoms with Gasteiger partial charge in [-0.2, -0.15) is 4.98 Å². The van der Waals surface area contributed by atoms with Crippen molar-refractivity contribution < 1.29 is 14.9 Å². The number of aliphatic hydroxyl groups excluding tert-OH is 1. The number of azo groups is 1. The van der Waals surface area contributed by atoms with Gasteiger partial charge in [0.25, 0.3) is 11.5 Å². The van der Waals surface area contributed by atoms with Gasteiger partial charge < -0.3 is 19.9 Å². The molecule has 12 nitrogen and oxygen atoms in total. The second kappa shape index (κ2) is 9.67. The van der Waals surface area contributed by atoms with Crippen LogP contribution < -0.4 is 16.0 Å². The number of fused-ring (bicyclic) bond motifs is 2. The Balaban J connectivity index is 1.54. The van der Waals surface area contributed by atoms with Crippen molar-refractivity contribution in [2.45, 2.75) is 19.6 Å². The molecule has 0 saturated heterocycles. The van der Waals surface area contributed by atoms with Crippen LogP contribution in [0.15, 0.2) is 66.8 Å². The van der Waals surface area contributed by atoms with Gasteiger partial charge in [0.2, 0.25) is 5.88 Å². The number of ether oxygens (including phenoxy) is 1. The van der Waals surface area contributed by atoms with Gasteiger partial charge in [-0.3, -0.25) is 18.9 Å². The van der Waals surface area contributed by atoms with Crippen LogP contribution in [0.4, 0.5) is 11.6 Å². The summed E-state index contributed by atoms with van der Waals surface area (Å²) in [5.41, 5.74) is 0.504. The number of aryl methyl sites for hydroxylation is 2. The molecule has 0 spiro atoms. The van der Waals surface area contributed by atoms with E-state index in [9.17, 15) is 19.8 Å². The summed E-state index contributed by atoms with van der Waals surface area (Å²) in [6, 6.07) is 12.7. The van der Waals surface area contributed by atoms with Crippen LogP contribution in [-0.2, 0) is 13.6 Å². The van der Waals surface area contributed by atoms with Crippen molar-refractivity contribution in [1.29, 1.82) is 0 Å². The summed E-state index contributed by atoms with van der Waals surface area (Å²) in [5.74, 6) is 0.384. The van der Waals surface area contributed by atoms with Gasteiger partial charge in [-0.15, -0.1) is 10.2 Å². The van der Waals surface area contributed by atoms with E-state index in [1.165, 1.54) is 16.2 Å². The highest BCUT2D eigenvalue weighted by Gasteiger charge is 2.21. The van der Waals surface area contributed by atoms with E-state index in [2.05, 4.69) is 41.1 Å². The molecule has 37 heavy (non-hydrogen) atoms. The lowest BCUT2D eigenvalue weighted by Crippen LogP contribution is -2.30. The van der Waals surface area contributed by atoms with Crippen LogP contribution in [0.5, 0.6) is 11.6 Å². The van der Waals surface area contributed by atoms with Gasteiger partial charge in [-0.1, -0.05) is 34.1 Å². The molecule has 0 unspecified atom stereocenters. The fraction of sp³-hybridized carbons (Fsp3) is 0.208. The monoisotopic (exact) mass is 567 g/mol. The van der Waals surface area contributed by atoms with Gasteiger partial charge in [-0.05, 0) is 36.8 Å². The van der Waals surface area contributed by atoms with E-state index in [4.69, 9.17) is 4.74 Å². The van der Waals surface area contributed by atoms with E-state index in [1.54, 1.807) is 18.2 Å². The predicted octanol–water partition coefficient (Wildman–Crippen LogP) is 3.54. The van der Waals surface area contributed by atoms with Gasteiger partial charge in [0.1, 0.15) is 18.5 Å². The Morgan fingerprint density at radius 3 is 2.73 bits per heavy atom. The molecule has 1 atom stereocenters. The van der Waals surface area contributed by atoms with E-state index in [0.717, 1.165) is 10.0 Å². The normalized spacial score (nSPS) is 12.6. The van der Waals surface area contributed by atoms with Gasteiger partial charge >= 0.3 is 5.69 Å². The summed E-state index contributed by atoms with van der Waals surface area (Å²) >= 11 is 3.40. The number of H-pyrrole nitrogens is 2. The summed E-state index contributed by atoms with van der Waals surface area (Å²) < 4.78 is 9.06. The summed E-state index contributed by atoms with van der Waals surface area (Å²) in [6.07, 6.45) is -1.06. The van der Waals surface area contributed by atoms with Gasteiger partial charge in [0, 0.05) is 16.9 Å². The fourth-order valence-electron chi connectivity index (χ4n) is 3.97. The second-order valence-electron chi connectivity index (χ2n) is 8.46. The number of nitrogens with zero attached hydrogens (tertiary/aromatic N) is 5. The zero-order chi connectivity index (χ0) is 26.3. The third kappa shape index (κ3) is 4.66. The first-order chi connectivity index (χ1) is 17.7. The minimum atomic E-state index is -1.06. The molecular formula is C24H22BrN7O5. The lowest BCUT2D eigenvalue weighted by atomic mass is 10.2. The Kier molecular flexibility index (Phi) is 6.39. The number of rotatable bonds is 7. The number of aromatic hydroxyl groups is 1. The highest BCUT2D eigenvalue weighted by molar-refractivity contribution is 9.10. The maximum absolute atomic E-state index is 12.7. The Labute approximate surface area is 217 Å². The molecule has 0 fully saturated rings. The minimum absolute atomic E-state index is 0.0388. The molecule has 5 rings (SSSR count). The van der Waals surface area contributed by atoms with Gasteiger partial charge in [0.05, 0.1) is 12.1 Å². The molecule has 0 saturated carbocycles. The van der Waals surface area contributed by atoms with E-state index >= 15 is 0 Å². The molecular weight excluding hydrogens is 546 g/mol. The van der Waals surface area contributed by atoms with Crippen LogP contribution in [0.1, 0.15) is 5.56 Å². The van der Waals surface area contributed by atoms with Crippen LogP contribution in [0.3, 0.4) is 0 Å². The van der Waals surface area contributed by atoms with Crippen molar-refractivity contribution in [3.8, 4) is 11.6 Å². The highest BCUT2D eigenvalue weighted by Crippen LogP contribution is 2.37. The minimum Gasteiger partial charge on any atom is -0.493 e. The van der Waals surface area contributed by atoms with Crippen molar-refractivity contribution >= 4 is 49.6 Å². The number of para-hydroxylation sites is 1. The molecule has 4 N–H and O–H groups in total. The van der Waals surface area contributed by atoms with Crippen LogP contribution in [0.25, 0.3) is 22.1 Å². The van der Waals surface area contributed by atoms with Gasteiger partial charge in [-0.25, -0.2) is 4.79 Å². The maximum atomic E-state index is 12.7. The molecule has 3 aromatic heterocycles. The third-order valence-electron chi connectivity index (χ3n) is 5.86. The molecule has 0 aliphatic carbocycles. The first-order valence-electron chi connectivity index (χ1n) is 11.2. The topological polar surface area (TPSA) is 163 Å². The largest absolute Gasteiger partial charge is 0.493 e. The van der Waals surface area contributed by atoms with Crippen molar-refractivity contribution in [3.63, 3.8) is 0 Å². The molecule has 0 radical (unpaired) electrons. The number of aromatic amines is 2. The lowest BCUT2D eigenvalue weighted by molar-refractivity contribution is 0.0934. The van der Waals surface area contributed by atoms with Crippen molar-refractivity contribution in [3.05, 3.63) is 73.3 Å². The number of hydrogen-bond donors (Lipinski definition) is 4. The van der Waals surface area contributed by atoms with E-state index < -0.39 is 17.4 Å². The number of benzene rings is 2. The number of aliphatic hydroxyl groups is 1. The van der Waals surface area contributed by atoms with Crippen molar-refractivity contribution in [1.82, 2.24) is 24.1 Å². The molecule has 190 valence electrons. The predicted molar refractivity (Wildman–Crippen MR) is 140 cm³/mol. The van der Waals surface area contributed by atoms with E-state index in [0.29, 0.717) is 16.7 Å². The fourth-order valence-corrected chi connectivity index (χ4v) is 4.33. The quantitative estimate of drug-likeness (QED) is 0.220. The average molecular weight is 568 g/mol. The van der Waals surface area contributed by atoms with Crippen LogP contribution >= 0.6 is 15.9 Å². The zero-order valence-electron chi connectivity index (χ0n) is 19.8. The molecule has 0 aliphatic heterocycles. The van der Waals surface area contributed by atoms with Crippen LogP contribution in [0, 0.1) is 6.92 Å². The van der Waals surface area contributed by atoms with Crippen molar-refractivity contribution in [2.24, 2.45) is 17.3 Å². The molecule has 13 heteroatoms. The van der Waals surface area contributed by atoms with Crippen LogP contribution in [-0.4, -0.2) is 47.0 Å². The smallest absolute Gasteiger partial charge is 0.329 e. The van der Waals surface area contributed by atoms with Gasteiger partial charge in [0.15, 0.2) is 16.9 Å². The number of halogens is 1. The van der Waals surface area contributed by atoms with Crippen LogP contribution in [0.2, 0.25) is 0 Å². The second-order valence-corrected chi connectivity index (χ2v) is 9.37. The number of nitrogens with one attached hydrogen (secondary N) is 2. The number of imidazole rings is 1. The summed E-state index contributed by atoms with van der Waals surface area (Å²) in [7, 11) is 1.46. The lowest BCUT2D eigenvalue weighted by Gasteiger charge is -2.15. The Hall–Kier alpha value is -4.23. The summed E-state index contributed by atoms with van der Waals surface area (Å²) in [4.78, 5) is 34.3. The van der Waals surface area contributed by atoms with Crippen molar-refractivity contribution in [2.75, 3.05) is 6.61 Å². The number of aromatic nitrogens is 5. The Bertz CT molecular complexity index is 1780. The number of hydrogen-bond acceptors (Lipinski definition) is 8. The SMILES string of the molecule is Cc1ccccc1OC[C@@H](O)Cn1c(N=Nc2c(O)[nH]c3ccc(Br)cc23)nc2c1c(=O)[nH]c(=O)n2C. The standard InChI is InChI=1S/C24H22BrN7O5/c1-12-5-3-4-6-17(12)37-11-14(33)10-32-19-20(31(2)24(36)28-22(19)35)27-23(32)30-29-18-15-9-13(25)7-8-16(15)26-21(18)34/h3-9,14,26,33-34H,10-11H2,1-2H3,(H,28,35,36)/t14-/m0/s1. The molecule has 0 amide bonds. The summed E-state index contributed by atoms with van der Waals surface area (Å²) in [6.45, 7) is 1.70. The molecule has 5 aromatic rings. The third-order valence-corrected chi connectivity index (χ3v) is 6.35. The first-order valence-corrected chi connectivity index (χ1v) is 12.0. The Morgan fingerprint density at radius 1 is 1.16 bits per heavy atom. The average Bonchev–Trinajstić information content (AvgIpc) is 3.37. The Morgan fingerprint density at radius 2 is 1.95 bits per heavy atom. The van der Waals surface area contributed by atoms with E-state index in [-0.39, 0.29) is 41.8 Å². The molecule has 0 aliphatic rings. The summed E-state index contributed by atoms with van der Waals surface area (Å²) in [5, 5.41) is 30.1. The molecule has 3 heterocycles. The molecule has 2 aromatic carbocycles.